The Labute approximate surface area is 224 Å². The molecule has 2 aliphatic rings. The molecule has 202 valence electrons. The van der Waals surface area contributed by atoms with Gasteiger partial charge in [0.2, 0.25) is 11.8 Å². The minimum absolute atomic E-state index is 0.0837. The molecule has 1 atom stereocenters. The van der Waals surface area contributed by atoms with Gasteiger partial charge in [-0.25, -0.2) is 9.37 Å². The zero-order valence-electron chi connectivity index (χ0n) is 21.2. The third kappa shape index (κ3) is 5.68. The van der Waals surface area contributed by atoms with E-state index in [0.717, 1.165) is 5.56 Å². The maximum Gasteiger partial charge on any atom is 0.268 e. The van der Waals surface area contributed by atoms with Crippen LogP contribution in [0.5, 0.6) is 17.4 Å². The third-order valence-electron chi connectivity index (χ3n) is 6.65. The number of amides is 3. The van der Waals surface area contributed by atoms with Crippen LogP contribution in [0.2, 0.25) is 0 Å². The molecule has 2 aliphatic heterocycles. The second-order valence-corrected chi connectivity index (χ2v) is 9.31. The summed E-state index contributed by atoms with van der Waals surface area (Å²) < 4.78 is 24.5. The lowest BCUT2D eigenvalue weighted by molar-refractivity contribution is -0.131. The molecule has 1 fully saturated rings. The number of hydrogen-bond acceptors (Lipinski definition) is 7. The average molecular weight is 535 g/mol. The lowest BCUT2D eigenvalue weighted by atomic mass is 10.1. The lowest BCUT2D eigenvalue weighted by Crippen LogP contribution is -2.39. The zero-order chi connectivity index (χ0) is 27.5. The molecule has 0 saturated carbocycles. The summed E-state index contributed by atoms with van der Waals surface area (Å²) in [5.41, 5.74) is 1.84. The first-order valence-corrected chi connectivity index (χ1v) is 12.5. The Bertz CT molecular complexity index is 1380. The van der Waals surface area contributed by atoms with Gasteiger partial charge in [-0.05, 0) is 48.0 Å². The molecule has 0 aliphatic carbocycles. The number of hydrogen-bond donors (Lipinski definition) is 1. The van der Waals surface area contributed by atoms with Crippen LogP contribution in [0, 0.1) is 5.82 Å². The molecule has 0 spiro atoms. The van der Waals surface area contributed by atoms with Gasteiger partial charge in [-0.3, -0.25) is 14.4 Å². The van der Waals surface area contributed by atoms with Crippen molar-refractivity contribution in [2.75, 3.05) is 38.2 Å². The van der Waals surface area contributed by atoms with Gasteiger partial charge in [0.25, 0.3) is 11.8 Å². The number of benzene rings is 2. The Morgan fingerprint density at radius 1 is 1.13 bits per heavy atom. The van der Waals surface area contributed by atoms with E-state index in [1.54, 1.807) is 42.3 Å². The maximum absolute atomic E-state index is 13.1. The van der Waals surface area contributed by atoms with E-state index in [0.29, 0.717) is 48.1 Å². The fourth-order valence-corrected chi connectivity index (χ4v) is 4.51. The van der Waals surface area contributed by atoms with Gasteiger partial charge < -0.3 is 29.3 Å². The van der Waals surface area contributed by atoms with E-state index >= 15 is 0 Å². The number of carbonyl (C=O) groups excluding carboxylic acids is 3. The summed E-state index contributed by atoms with van der Waals surface area (Å²) in [6.07, 6.45) is 1.20. The van der Waals surface area contributed by atoms with Crippen molar-refractivity contribution in [2.24, 2.45) is 0 Å². The molecule has 0 radical (unpaired) electrons. The molecular formula is C28H27FN4O6. The van der Waals surface area contributed by atoms with E-state index in [-0.39, 0.29) is 43.2 Å². The van der Waals surface area contributed by atoms with Gasteiger partial charge in [-0.15, -0.1) is 0 Å². The molecule has 3 heterocycles. The number of likely N-dealkylation sites (N-methyl/N-ethyl adjacent to an activating group) is 1. The Balaban J connectivity index is 1.20. The van der Waals surface area contributed by atoms with E-state index in [1.807, 2.05) is 0 Å². The van der Waals surface area contributed by atoms with Crippen LogP contribution >= 0.6 is 0 Å². The molecule has 1 unspecified atom stereocenters. The largest absolute Gasteiger partial charge is 0.479 e. The second kappa shape index (κ2) is 11.1. The van der Waals surface area contributed by atoms with Crippen molar-refractivity contribution in [3.8, 4) is 17.4 Å². The monoisotopic (exact) mass is 534 g/mol. The fourth-order valence-electron chi connectivity index (χ4n) is 4.51. The first kappa shape index (κ1) is 26.1. The number of aliphatic hydroxyl groups excluding tert-OH is 1. The Morgan fingerprint density at radius 3 is 2.62 bits per heavy atom. The van der Waals surface area contributed by atoms with Crippen LogP contribution in [0.1, 0.15) is 22.3 Å². The zero-order valence-corrected chi connectivity index (χ0v) is 21.2. The third-order valence-corrected chi connectivity index (χ3v) is 6.65. The van der Waals surface area contributed by atoms with Gasteiger partial charge in [0, 0.05) is 50.4 Å². The van der Waals surface area contributed by atoms with Crippen LogP contribution in [-0.2, 0) is 16.1 Å². The van der Waals surface area contributed by atoms with Crippen LogP contribution in [0.3, 0.4) is 0 Å². The van der Waals surface area contributed by atoms with Gasteiger partial charge in [0.05, 0.1) is 12.8 Å². The van der Waals surface area contributed by atoms with E-state index < -0.39 is 6.10 Å². The number of carbonyl (C=O) groups is 3. The van der Waals surface area contributed by atoms with Gasteiger partial charge in [0.15, 0.2) is 6.10 Å². The van der Waals surface area contributed by atoms with E-state index in [4.69, 9.17) is 14.6 Å². The van der Waals surface area contributed by atoms with Gasteiger partial charge >= 0.3 is 0 Å². The van der Waals surface area contributed by atoms with Gasteiger partial charge in [-0.2, -0.15) is 0 Å². The van der Waals surface area contributed by atoms with Crippen LogP contribution in [-0.4, -0.2) is 77.0 Å². The highest BCUT2D eigenvalue weighted by Gasteiger charge is 2.36. The topological polar surface area (TPSA) is 113 Å². The van der Waals surface area contributed by atoms with E-state index in [2.05, 4.69) is 4.98 Å². The second-order valence-electron chi connectivity index (χ2n) is 9.31. The highest BCUT2D eigenvalue weighted by molar-refractivity contribution is 6.03. The number of rotatable bonds is 9. The first-order valence-electron chi connectivity index (χ1n) is 12.5. The summed E-state index contributed by atoms with van der Waals surface area (Å²) in [5, 5.41) is 9.03. The summed E-state index contributed by atoms with van der Waals surface area (Å²) in [5.74, 6) is 0.0120. The number of aliphatic hydroxyl groups is 1. The standard InChI is InChI=1S/C28H27FN4O6/c1-31(12-13-34)26(35)17-32-16-18-2-5-20(14-23(18)27(32)36)33-11-10-24(28(33)37)38-22-8-9-25(30-15-22)39-21-6-3-19(29)4-7-21/h2-9,14-15,24,34H,10-13,16-17H2,1H3. The summed E-state index contributed by atoms with van der Waals surface area (Å²) in [6, 6.07) is 14.1. The quantitative estimate of drug-likeness (QED) is 0.449. The molecule has 1 saturated heterocycles. The van der Waals surface area contributed by atoms with Crippen LogP contribution in [0.4, 0.5) is 10.1 Å². The van der Waals surface area contributed by atoms with Crippen molar-refractivity contribution in [1.29, 1.82) is 0 Å². The summed E-state index contributed by atoms with van der Waals surface area (Å²) in [6.45, 7) is 0.689. The molecule has 0 bridgehead atoms. The molecule has 3 amide bonds. The molecule has 3 aromatic rings. The number of halogens is 1. The number of aromatic nitrogens is 1. The SMILES string of the molecule is CN(CCO)C(=O)CN1Cc2ccc(N3CCC(Oc4ccc(Oc5ccc(F)cc5)nc4)C3=O)cc2C1=O. The van der Waals surface area contributed by atoms with Gasteiger partial charge in [0.1, 0.15) is 23.9 Å². The van der Waals surface area contributed by atoms with Crippen LogP contribution in [0.15, 0.2) is 60.8 Å². The Morgan fingerprint density at radius 2 is 1.90 bits per heavy atom. The normalized spacial score (nSPS) is 16.4. The first-order chi connectivity index (χ1) is 18.8. The maximum atomic E-state index is 13.1. The number of ether oxygens (including phenoxy) is 2. The molecular weight excluding hydrogens is 507 g/mol. The minimum atomic E-state index is -0.712. The number of fused-ring (bicyclic) bond motifs is 1. The van der Waals surface area contributed by atoms with E-state index in [1.165, 1.54) is 40.3 Å². The molecule has 39 heavy (non-hydrogen) atoms. The highest BCUT2D eigenvalue weighted by atomic mass is 19.1. The average Bonchev–Trinajstić information content (AvgIpc) is 3.45. The summed E-state index contributed by atoms with van der Waals surface area (Å²) in [7, 11) is 1.58. The lowest BCUT2D eigenvalue weighted by Gasteiger charge is -2.20. The van der Waals surface area contributed by atoms with Crippen molar-refractivity contribution in [1.82, 2.24) is 14.8 Å². The van der Waals surface area contributed by atoms with Crippen molar-refractivity contribution >= 4 is 23.4 Å². The smallest absolute Gasteiger partial charge is 0.268 e. The van der Waals surface area contributed by atoms with Crippen molar-refractivity contribution < 1.29 is 33.4 Å². The Hall–Kier alpha value is -4.51. The predicted octanol–water partition coefficient (Wildman–Crippen LogP) is 2.60. The molecule has 5 rings (SSSR count). The van der Waals surface area contributed by atoms with Crippen molar-refractivity contribution in [3.05, 3.63) is 77.7 Å². The molecule has 10 nitrogen and oxygen atoms in total. The molecule has 1 aromatic heterocycles. The van der Waals surface area contributed by atoms with E-state index in [9.17, 15) is 18.8 Å². The van der Waals surface area contributed by atoms with Crippen LogP contribution < -0.4 is 14.4 Å². The minimum Gasteiger partial charge on any atom is -0.479 e. The predicted molar refractivity (Wildman–Crippen MR) is 138 cm³/mol. The van der Waals surface area contributed by atoms with Crippen molar-refractivity contribution in [2.45, 2.75) is 19.1 Å². The molecule has 1 N–H and O–H groups in total. The Kier molecular flexibility index (Phi) is 7.42. The number of anilines is 1. The number of nitrogens with zero attached hydrogens (tertiary/aromatic N) is 4. The number of pyridine rings is 1. The van der Waals surface area contributed by atoms with Gasteiger partial charge in [-0.1, -0.05) is 6.07 Å². The molecule has 11 heteroatoms. The van der Waals surface area contributed by atoms with Crippen LogP contribution in [0.25, 0.3) is 0 Å². The van der Waals surface area contributed by atoms with Crippen molar-refractivity contribution in [3.63, 3.8) is 0 Å². The summed E-state index contributed by atoms with van der Waals surface area (Å²) in [4.78, 5) is 47.0. The molecule has 2 aromatic carbocycles. The summed E-state index contributed by atoms with van der Waals surface area (Å²) >= 11 is 0. The fraction of sp³-hybridized carbons (Fsp3) is 0.286. The highest BCUT2D eigenvalue weighted by Crippen LogP contribution is 2.31.